The molecular formula is C12H14N4O3S2. The molecule has 9 heteroatoms. The lowest BCUT2D eigenvalue weighted by Gasteiger charge is -2.02. The predicted molar refractivity (Wildman–Crippen MR) is 83.6 cm³/mol. The Morgan fingerprint density at radius 3 is 2.67 bits per heavy atom. The van der Waals surface area contributed by atoms with Gasteiger partial charge in [-0.1, -0.05) is 0 Å². The van der Waals surface area contributed by atoms with E-state index in [4.69, 9.17) is 16.2 Å². The summed E-state index contributed by atoms with van der Waals surface area (Å²) in [7, 11) is 0. The number of anilines is 2. The van der Waals surface area contributed by atoms with Crippen molar-refractivity contribution in [3.8, 4) is 0 Å². The number of thioether (sulfide) groups is 1. The Morgan fingerprint density at radius 2 is 2.05 bits per heavy atom. The van der Waals surface area contributed by atoms with Gasteiger partial charge in [0, 0.05) is 0 Å². The topological polar surface area (TPSA) is 121 Å². The highest BCUT2D eigenvalue weighted by molar-refractivity contribution is 7.98. The Morgan fingerprint density at radius 1 is 1.33 bits per heavy atom. The van der Waals surface area contributed by atoms with Gasteiger partial charge in [-0.25, -0.2) is 9.97 Å². The van der Waals surface area contributed by atoms with Crippen LogP contribution in [0.4, 0.5) is 11.6 Å². The number of nitrogens with zero attached hydrogens (tertiary/aromatic N) is 2. The van der Waals surface area contributed by atoms with Gasteiger partial charge in [0.1, 0.15) is 16.3 Å². The van der Waals surface area contributed by atoms with Crippen molar-refractivity contribution in [1.29, 1.82) is 0 Å². The monoisotopic (exact) mass is 326 g/mol. The van der Waals surface area contributed by atoms with Crippen molar-refractivity contribution in [2.45, 2.75) is 18.4 Å². The third-order valence-corrected chi connectivity index (χ3v) is 4.45. The maximum absolute atomic E-state index is 12.1. The Kier molecular flexibility index (Phi) is 4.63. The highest BCUT2D eigenvalue weighted by Crippen LogP contribution is 2.38. The predicted octanol–water partition coefficient (Wildman–Crippen LogP) is 1.71. The minimum absolute atomic E-state index is 0.123. The van der Waals surface area contributed by atoms with Crippen molar-refractivity contribution in [3.05, 3.63) is 4.88 Å². The molecule has 4 N–H and O–H groups in total. The molecule has 0 bridgehead atoms. The van der Waals surface area contributed by atoms with Crippen LogP contribution < -0.4 is 11.5 Å². The first-order valence-corrected chi connectivity index (χ1v) is 8.10. The van der Waals surface area contributed by atoms with Gasteiger partial charge in [0.05, 0.1) is 22.6 Å². The van der Waals surface area contributed by atoms with Gasteiger partial charge in [-0.2, -0.15) is 0 Å². The van der Waals surface area contributed by atoms with Crippen LogP contribution in [-0.4, -0.2) is 34.6 Å². The zero-order valence-electron chi connectivity index (χ0n) is 11.5. The van der Waals surface area contributed by atoms with Crippen molar-refractivity contribution >= 4 is 56.7 Å². The molecule has 0 aromatic carbocycles. The number of nitrogens with two attached hydrogens (primary N) is 2. The number of esters is 1. The lowest BCUT2D eigenvalue weighted by atomic mass is 10.2. The summed E-state index contributed by atoms with van der Waals surface area (Å²) >= 11 is 2.48. The van der Waals surface area contributed by atoms with E-state index in [0.717, 1.165) is 11.3 Å². The molecule has 0 saturated carbocycles. The highest BCUT2D eigenvalue weighted by Gasteiger charge is 2.22. The summed E-state index contributed by atoms with van der Waals surface area (Å²) in [5.41, 5.74) is 11.9. The standard InChI is InChI=1S/C12H14N4O3S2/c1-3-19-6(18)4-5(17)9-8(13)7-10(20-2)15-12(14)16-11(7)21-9/h3-4,13H2,1-2H3,(H2,14,15,16). The Bertz CT molecular complexity index is 714. The summed E-state index contributed by atoms with van der Waals surface area (Å²) in [4.78, 5) is 32.6. The summed E-state index contributed by atoms with van der Waals surface area (Å²) in [6, 6.07) is 0. The maximum atomic E-state index is 12.1. The second kappa shape index (κ2) is 6.27. The van der Waals surface area contributed by atoms with Gasteiger partial charge in [0.2, 0.25) is 5.95 Å². The molecular weight excluding hydrogens is 312 g/mol. The number of hydrogen-bond donors (Lipinski definition) is 2. The number of ether oxygens (including phenoxy) is 1. The minimum atomic E-state index is -0.574. The number of carbonyl (C=O) groups excluding carboxylic acids is 2. The highest BCUT2D eigenvalue weighted by atomic mass is 32.2. The third kappa shape index (κ3) is 3.08. The minimum Gasteiger partial charge on any atom is -0.466 e. The van der Waals surface area contributed by atoms with E-state index in [9.17, 15) is 9.59 Å². The number of thiophene rings is 1. The molecule has 7 nitrogen and oxygen atoms in total. The molecule has 2 aromatic heterocycles. The first-order valence-electron chi connectivity index (χ1n) is 6.06. The molecule has 21 heavy (non-hydrogen) atoms. The molecule has 0 aliphatic carbocycles. The zero-order chi connectivity index (χ0) is 15.6. The van der Waals surface area contributed by atoms with E-state index in [0.29, 0.717) is 15.2 Å². The summed E-state index contributed by atoms with van der Waals surface area (Å²) in [6.07, 6.45) is 1.49. The summed E-state index contributed by atoms with van der Waals surface area (Å²) in [5, 5.41) is 1.22. The Balaban J connectivity index is 2.44. The first kappa shape index (κ1) is 15.5. The van der Waals surface area contributed by atoms with Crippen molar-refractivity contribution in [3.63, 3.8) is 0 Å². The van der Waals surface area contributed by atoms with Crippen molar-refractivity contribution < 1.29 is 14.3 Å². The van der Waals surface area contributed by atoms with Crippen molar-refractivity contribution in [1.82, 2.24) is 9.97 Å². The molecule has 0 aliphatic rings. The number of rotatable bonds is 5. The Hall–Kier alpha value is -1.87. The number of nitrogen functional groups attached to an aromatic ring is 2. The van der Waals surface area contributed by atoms with Crippen LogP contribution in [-0.2, 0) is 9.53 Å². The molecule has 2 rings (SSSR count). The van der Waals surface area contributed by atoms with Crippen LogP contribution in [0.2, 0.25) is 0 Å². The van der Waals surface area contributed by atoms with Crippen LogP contribution in [0, 0.1) is 0 Å². The average molecular weight is 326 g/mol. The lowest BCUT2D eigenvalue weighted by molar-refractivity contribution is -0.141. The molecule has 0 spiro atoms. The quantitative estimate of drug-likeness (QED) is 0.280. The van der Waals surface area contributed by atoms with Gasteiger partial charge in [-0.15, -0.1) is 23.1 Å². The van der Waals surface area contributed by atoms with Crippen molar-refractivity contribution in [2.24, 2.45) is 0 Å². The van der Waals surface area contributed by atoms with Crippen LogP contribution in [0.1, 0.15) is 23.0 Å². The van der Waals surface area contributed by atoms with Gasteiger partial charge >= 0.3 is 5.97 Å². The van der Waals surface area contributed by atoms with E-state index in [2.05, 4.69) is 9.97 Å². The molecule has 0 atom stereocenters. The van der Waals surface area contributed by atoms with Gasteiger partial charge in [0.15, 0.2) is 5.78 Å². The fourth-order valence-corrected chi connectivity index (χ4v) is 3.48. The van der Waals surface area contributed by atoms with E-state index < -0.39 is 5.97 Å². The van der Waals surface area contributed by atoms with Gasteiger partial charge in [-0.3, -0.25) is 9.59 Å². The number of carbonyl (C=O) groups is 2. The lowest BCUT2D eigenvalue weighted by Crippen LogP contribution is -2.11. The fourth-order valence-electron chi connectivity index (χ4n) is 1.78. The first-order chi connectivity index (χ1) is 9.97. The van der Waals surface area contributed by atoms with Crippen LogP contribution >= 0.6 is 23.1 Å². The summed E-state index contributed by atoms with van der Waals surface area (Å²) in [6.45, 7) is 1.91. The number of aromatic nitrogens is 2. The average Bonchev–Trinajstić information content (AvgIpc) is 2.75. The number of ketones is 1. The van der Waals surface area contributed by atoms with Crippen molar-refractivity contribution in [2.75, 3.05) is 24.3 Å². The van der Waals surface area contributed by atoms with Crippen LogP contribution in [0.3, 0.4) is 0 Å². The van der Waals surface area contributed by atoms with E-state index in [1.54, 1.807) is 6.92 Å². The number of hydrogen-bond acceptors (Lipinski definition) is 9. The maximum Gasteiger partial charge on any atom is 0.313 e. The molecule has 0 aliphatic heterocycles. The number of Topliss-reactive ketones (excluding diaryl/α,β-unsaturated/α-hetero) is 1. The van der Waals surface area contributed by atoms with E-state index >= 15 is 0 Å². The van der Waals surface area contributed by atoms with E-state index in [-0.39, 0.29) is 35.3 Å². The van der Waals surface area contributed by atoms with Crippen LogP contribution in [0.25, 0.3) is 10.2 Å². The van der Waals surface area contributed by atoms with Gasteiger partial charge < -0.3 is 16.2 Å². The SMILES string of the molecule is CCOC(=O)CC(=O)c1sc2nc(N)nc(SC)c2c1N. The van der Waals surface area contributed by atoms with Crippen LogP contribution in [0.15, 0.2) is 5.03 Å². The van der Waals surface area contributed by atoms with Gasteiger partial charge in [-0.05, 0) is 13.2 Å². The molecule has 0 radical (unpaired) electrons. The second-order valence-electron chi connectivity index (χ2n) is 4.02. The van der Waals surface area contributed by atoms with E-state index in [1.165, 1.54) is 11.8 Å². The second-order valence-corrected chi connectivity index (χ2v) is 5.82. The molecule has 2 aromatic rings. The summed E-state index contributed by atoms with van der Waals surface area (Å²) < 4.78 is 4.76. The molecule has 0 fully saturated rings. The molecule has 0 unspecified atom stereocenters. The number of fused-ring (bicyclic) bond motifs is 1. The van der Waals surface area contributed by atoms with Gasteiger partial charge in [0.25, 0.3) is 0 Å². The zero-order valence-corrected chi connectivity index (χ0v) is 13.1. The molecule has 0 saturated heterocycles. The summed E-state index contributed by atoms with van der Waals surface area (Å²) in [5.74, 6) is -0.841. The molecule has 0 amide bonds. The largest absolute Gasteiger partial charge is 0.466 e. The Labute approximate surface area is 129 Å². The van der Waals surface area contributed by atoms with Crippen LogP contribution in [0.5, 0.6) is 0 Å². The van der Waals surface area contributed by atoms with E-state index in [1.807, 2.05) is 6.26 Å². The molecule has 2 heterocycles. The fraction of sp³-hybridized carbons (Fsp3) is 0.333. The molecule has 112 valence electrons. The smallest absolute Gasteiger partial charge is 0.313 e. The normalized spacial score (nSPS) is 10.8. The third-order valence-electron chi connectivity index (χ3n) is 2.63.